The van der Waals surface area contributed by atoms with Crippen LogP contribution in [0.4, 0.5) is 14.5 Å². The van der Waals surface area contributed by atoms with Gasteiger partial charge in [0.25, 0.3) is 5.91 Å². The lowest BCUT2D eigenvalue weighted by atomic mass is 10.1. The molecule has 4 rings (SSSR count). The maximum Gasteiger partial charge on any atom is 0.267 e. The van der Waals surface area contributed by atoms with E-state index in [4.69, 9.17) is 0 Å². The summed E-state index contributed by atoms with van der Waals surface area (Å²) in [5, 5.41) is 4.67. The predicted octanol–water partition coefficient (Wildman–Crippen LogP) is 5.74. The first-order valence-electron chi connectivity index (χ1n) is 8.19. The number of benzene rings is 2. The highest BCUT2D eigenvalue weighted by atomic mass is 32.1. The van der Waals surface area contributed by atoms with Crippen LogP contribution in [0.25, 0.3) is 16.8 Å². The number of thiophene rings is 1. The molecule has 4 aromatic rings. The molecule has 0 saturated heterocycles. The third kappa shape index (κ3) is 3.52. The Hall–Kier alpha value is -3.25. The lowest BCUT2D eigenvalue weighted by molar-refractivity contribution is 0.103. The Morgan fingerprint density at radius 1 is 0.889 bits per heavy atom. The second kappa shape index (κ2) is 7.17. The highest BCUT2D eigenvalue weighted by Gasteiger charge is 2.20. The summed E-state index contributed by atoms with van der Waals surface area (Å²) >= 11 is 1.30. The number of hydrogen-bond donors (Lipinski definition) is 1. The first-order valence-corrected chi connectivity index (χ1v) is 9.07. The van der Waals surface area contributed by atoms with Crippen LogP contribution in [0, 0.1) is 11.6 Å². The summed E-state index contributed by atoms with van der Waals surface area (Å²) in [7, 11) is 0. The Balaban J connectivity index is 1.75. The van der Waals surface area contributed by atoms with Crippen LogP contribution in [0.1, 0.15) is 9.67 Å². The van der Waals surface area contributed by atoms with Crippen molar-refractivity contribution in [3.63, 3.8) is 0 Å². The molecule has 0 spiro atoms. The molecular formula is C21H14F2N2OS. The topological polar surface area (TPSA) is 34.0 Å². The van der Waals surface area contributed by atoms with Crippen molar-refractivity contribution in [2.24, 2.45) is 0 Å². The number of carbonyl (C=O) groups excluding carboxylic acids is 1. The summed E-state index contributed by atoms with van der Waals surface area (Å²) < 4.78 is 28.2. The molecule has 1 N–H and O–H groups in total. The summed E-state index contributed by atoms with van der Waals surface area (Å²) in [6, 6.07) is 15.5. The standard InChI is InChI=1S/C21H14F2N2OS/c22-15-5-3-14(4-6-15)18-13-27-20(19(18)25-11-1-2-12-25)21(26)24-17-9-7-16(23)8-10-17/h1-13H,(H,24,26). The Morgan fingerprint density at radius 3 is 2.11 bits per heavy atom. The number of nitrogens with zero attached hydrogens (tertiary/aromatic N) is 1. The lowest BCUT2D eigenvalue weighted by Crippen LogP contribution is -2.13. The zero-order valence-electron chi connectivity index (χ0n) is 14.0. The molecule has 0 saturated carbocycles. The van der Waals surface area contributed by atoms with Crippen LogP contribution in [0.15, 0.2) is 78.4 Å². The first kappa shape index (κ1) is 17.2. The van der Waals surface area contributed by atoms with Gasteiger partial charge in [0.15, 0.2) is 0 Å². The maximum atomic E-state index is 13.3. The number of hydrogen-bond acceptors (Lipinski definition) is 2. The molecule has 134 valence electrons. The van der Waals surface area contributed by atoms with Gasteiger partial charge in [-0.1, -0.05) is 12.1 Å². The second-order valence-corrected chi connectivity index (χ2v) is 6.76. The molecule has 2 aromatic heterocycles. The van der Waals surface area contributed by atoms with Gasteiger partial charge in [0.05, 0.1) is 5.69 Å². The van der Waals surface area contributed by atoms with Gasteiger partial charge in [-0.3, -0.25) is 4.79 Å². The summed E-state index contributed by atoms with van der Waals surface area (Å²) in [6.45, 7) is 0. The van der Waals surface area contributed by atoms with Crippen LogP contribution >= 0.6 is 11.3 Å². The number of aromatic nitrogens is 1. The van der Waals surface area contributed by atoms with Crippen molar-refractivity contribution < 1.29 is 13.6 Å². The van der Waals surface area contributed by atoms with Gasteiger partial charge in [-0.15, -0.1) is 11.3 Å². The average Bonchev–Trinajstić information content (AvgIpc) is 3.33. The zero-order chi connectivity index (χ0) is 18.8. The van der Waals surface area contributed by atoms with Crippen molar-refractivity contribution in [1.82, 2.24) is 4.57 Å². The Labute approximate surface area is 158 Å². The molecule has 0 bridgehead atoms. The first-order chi connectivity index (χ1) is 13.1. The third-order valence-electron chi connectivity index (χ3n) is 4.09. The fourth-order valence-corrected chi connectivity index (χ4v) is 3.78. The SMILES string of the molecule is O=C(Nc1ccc(F)cc1)c1scc(-c2ccc(F)cc2)c1-n1cccc1. The summed E-state index contributed by atoms with van der Waals surface area (Å²) in [5.74, 6) is -0.967. The second-order valence-electron chi connectivity index (χ2n) is 5.89. The molecule has 2 aromatic carbocycles. The molecule has 0 aliphatic carbocycles. The van der Waals surface area contributed by atoms with E-state index in [1.807, 2.05) is 34.5 Å². The molecule has 27 heavy (non-hydrogen) atoms. The van der Waals surface area contributed by atoms with Crippen molar-refractivity contribution >= 4 is 22.9 Å². The molecule has 0 radical (unpaired) electrons. The van der Waals surface area contributed by atoms with E-state index in [1.54, 1.807) is 12.1 Å². The van der Waals surface area contributed by atoms with E-state index in [0.717, 1.165) is 16.8 Å². The maximum absolute atomic E-state index is 13.3. The molecule has 3 nitrogen and oxygen atoms in total. The number of anilines is 1. The van der Waals surface area contributed by atoms with Crippen LogP contribution in [-0.2, 0) is 0 Å². The Kier molecular flexibility index (Phi) is 4.56. The van der Waals surface area contributed by atoms with Crippen LogP contribution in [0.2, 0.25) is 0 Å². The molecule has 0 aliphatic heterocycles. The van der Waals surface area contributed by atoms with E-state index < -0.39 is 0 Å². The van der Waals surface area contributed by atoms with Crippen molar-refractivity contribution in [2.45, 2.75) is 0 Å². The number of nitrogens with one attached hydrogen (secondary N) is 1. The molecule has 1 amide bonds. The Bertz CT molecular complexity index is 1070. The normalized spacial score (nSPS) is 10.7. The third-order valence-corrected chi connectivity index (χ3v) is 5.06. The number of carbonyl (C=O) groups is 1. The van der Waals surface area contributed by atoms with E-state index in [2.05, 4.69) is 5.32 Å². The quantitative estimate of drug-likeness (QED) is 0.482. The highest BCUT2D eigenvalue weighted by molar-refractivity contribution is 7.13. The number of halogens is 2. The van der Waals surface area contributed by atoms with E-state index in [9.17, 15) is 13.6 Å². The van der Waals surface area contributed by atoms with Gasteiger partial charge in [0.2, 0.25) is 0 Å². The average molecular weight is 380 g/mol. The van der Waals surface area contributed by atoms with Gasteiger partial charge in [-0.05, 0) is 54.1 Å². The monoisotopic (exact) mass is 380 g/mol. The molecule has 0 fully saturated rings. The van der Waals surface area contributed by atoms with Gasteiger partial charge in [0, 0.05) is 29.0 Å². The molecule has 2 heterocycles. The van der Waals surface area contributed by atoms with Crippen LogP contribution in [0.3, 0.4) is 0 Å². The lowest BCUT2D eigenvalue weighted by Gasteiger charge is -2.10. The summed E-state index contributed by atoms with van der Waals surface area (Å²) in [5.41, 5.74) is 2.88. The molecule has 0 unspecified atom stereocenters. The zero-order valence-corrected chi connectivity index (χ0v) is 14.8. The van der Waals surface area contributed by atoms with Crippen molar-refractivity contribution in [1.29, 1.82) is 0 Å². The largest absolute Gasteiger partial charge is 0.322 e. The van der Waals surface area contributed by atoms with Gasteiger partial charge >= 0.3 is 0 Å². The van der Waals surface area contributed by atoms with Crippen LogP contribution < -0.4 is 5.32 Å². The minimum atomic E-state index is -0.365. The minimum absolute atomic E-state index is 0.288. The Morgan fingerprint density at radius 2 is 1.48 bits per heavy atom. The fraction of sp³-hybridized carbons (Fsp3) is 0. The smallest absolute Gasteiger partial charge is 0.267 e. The van der Waals surface area contributed by atoms with E-state index in [1.165, 1.54) is 47.7 Å². The molecule has 0 aliphatic rings. The highest BCUT2D eigenvalue weighted by Crippen LogP contribution is 2.35. The van der Waals surface area contributed by atoms with Crippen molar-refractivity contribution in [3.05, 3.63) is 94.9 Å². The van der Waals surface area contributed by atoms with Gasteiger partial charge in [-0.2, -0.15) is 0 Å². The van der Waals surface area contributed by atoms with Crippen LogP contribution in [-0.4, -0.2) is 10.5 Å². The fourth-order valence-electron chi connectivity index (χ4n) is 2.81. The van der Waals surface area contributed by atoms with Crippen LogP contribution in [0.5, 0.6) is 0 Å². The van der Waals surface area contributed by atoms with Gasteiger partial charge in [-0.25, -0.2) is 8.78 Å². The van der Waals surface area contributed by atoms with E-state index >= 15 is 0 Å². The van der Waals surface area contributed by atoms with Gasteiger partial charge in [0.1, 0.15) is 16.5 Å². The van der Waals surface area contributed by atoms with Crippen molar-refractivity contribution in [3.8, 4) is 16.8 Å². The van der Waals surface area contributed by atoms with Crippen molar-refractivity contribution in [2.75, 3.05) is 5.32 Å². The van der Waals surface area contributed by atoms with E-state index in [-0.39, 0.29) is 17.5 Å². The number of amides is 1. The van der Waals surface area contributed by atoms with E-state index in [0.29, 0.717) is 10.6 Å². The molecule has 6 heteroatoms. The predicted molar refractivity (Wildman–Crippen MR) is 103 cm³/mol. The molecule has 0 atom stereocenters. The summed E-state index contributed by atoms with van der Waals surface area (Å²) in [6.07, 6.45) is 3.70. The minimum Gasteiger partial charge on any atom is -0.322 e. The van der Waals surface area contributed by atoms with Gasteiger partial charge < -0.3 is 9.88 Å². The summed E-state index contributed by atoms with van der Waals surface area (Å²) in [4.78, 5) is 13.4. The number of rotatable bonds is 4. The molecular weight excluding hydrogens is 366 g/mol.